The number of primary amides is 1. The van der Waals surface area contributed by atoms with Gasteiger partial charge in [0.05, 0.1) is 17.6 Å². The summed E-state index contributed by atoms with van der Waals surface area (Å²) in [7, 11) is 0. The Hall–Kier alpha value is -3.65. The molecule has 6 rings (SSSR count). The van der Waals surface area contributed by atoms with Crippen LogP contribution in [0.15, 0.2) is 55.2 Å². The maximum atomic E-state index is 12.4. The zero-order valence-corrected chi connectivity index (χ0v) is 21.1. The third-order valence-electron chi connectivity index (χ3n) is 8.19. The van der Waals surface area contributed by atoms with Crippen molar-refractivity contribution >= 4 is 22.6 Å². The lowest BCUT2D eigenvalue weighted by Gasteiger charge is -2.28. The molecule has 0 saturated heterocycles. The fourth-order valence-corrected chi connectivity index (χ4v) is 6.12. The normalized spacial score (nSPS) is 20.5. The number of anilines is 1. The topological polar surface area (TPSA) is 117 Å². The van der Waals surface area contributed by atoms with Crippen molar-refractivity contribution in [1.29, 1.82) is 0 Å². The van der Waals surface area contributed by atoms with Crippen LogP contribution in [0.2, 0.25) is 0 Å². The summed E-state index contributed by atoms with van der Waals surface area (Å²) in [6.45, 7) is 0.722. The number of hydrogen-bond acceptors (Lipinski definition) is 5. The molecule has 5 N–H and O–H groups in total. The summed E-state index contributed by atoms with van der Waals surface area (Å²) in [6.07, 6.45) is 16.0. The average molecular weight is 498 g/mol. The van der Waals surface area contributed by atoms with Crippen LogP contribution in [0.3, 0.4) is 0 Å². The molecule has 0 atom stereocenters. The molecule has 0 radical (unpaired) electrons. The van der Waals surface area contributed by atoms with Crippen LogP contribution in [-0.2, 0) is 6.54 Å². The predicted octanol–water partition coefficient (Wildman–Crippen LogP) is 4.71. The Morgan fingerprint density at radius 2 is 1.81 bits per heavy atom. The van der Waals surface area contributed by atoms with E-state index in [1.54, 1.807) is 18.7 Å². The van der Waals surface area contributed by atoms with Crippen molar-refractivity contribution in [2.24, 2.45) is 11.5 Å². The molecule has 3 heterocycles. The lowest BCUT2D eigenvalue weighted by atomic mass is 9.91. The monoisotopic (exact) mass is 497 g/mol. The van der Waals surface area contributed by atoms with Crippen LogP contribution in [0.25, 0.3) is 16.7 Å². The number of amides is 1. The maximum Gasteiger partial charge on any atom is 0.252 e. The van der Waals surface area contributed by atoms with Gasteiger partial charge < -0.3 is 25.9 Å². The second-order valence-corrected chi connectivity index (χ2v) is 10.7. The predicted molar refractivity (Wildman–Crippen MR) is 146 cm³/mol. The van der Waals surface area contributed by atoms with Crippen molar-refractivity contribution in [2.45, 2.75) is 75.9 Å². The van der Waals surface area contributed by atoms with Gasteiger partial charge in [-0.05, 0) is 68.2 Å². The van der Waals surface area contributed by atoms with Gasteiger partial charge >= 0.3 is 0 Å². The van der Waals surface area contributed by atoms with Gasteiger partial charge in [0.15, 0.2) is 0 Å². The van der Waals surface area contributed by atoms with Gasteiger partial charge in [-0.15, -0.1) is 0 Å². The second-order valence-electron chi connectivity index (χ2n) is 10.7. The number of aromatic nitrogens is 4. The highest BCUT2D eigenvalue weighted by atomic mass is 16.1. The second kappa shape index (κ2) is 10.0. The lowest BCUT2D eigenvalue weighted by molar-refractivity contribution is 0.100. The molecule has 4 aromatic rings. The minimum Gasteiger partial charge on any atom is -0.381 e. The quantitative estimate of drug-likeness (QED) is 0.342. The van der Waals surface area contributed by atoms with Gasteiger partial charge in [-0.1, -0.05) is 25.0 Å². The number of rotatable bonds is 7. The van der Waals surface area contributed by atoms with Gasteiger partial charge in [-0.3, -0.25) is 4.79 Å². The highest BCUT2D eigenvalue weighted by Gasteiger charge is 2.27. The van der Waals surface area contributed by atoms with Crippen LogP contribution in [0.1, 0.15) is 78.9 Å². The minimum atomic E-state index is -0.449. The van der Waals surface area contributed by atoms with Crippen LogP contribution in [0.5, 0.6) is 0 Å². The van der Waals surface area contributed by atoms with Gasteiger partial charge in [0.25, 0.3) is 5.91 Å². The Bertz CT molecular complexity index is 1380. The number of nitrogens with two attached hydrogens (primary N) is 2. The number of carbonyl (C=O) groups excluding carboxylic acids is 1. The summed E-state index contributed by atoms with van der Waals surface area (Å²) in [5.74, 6) is 0.0478. The summed E-state index contributed by atoms with van der Waals surface area (Å²) in [5, 5.41) is 4.68. The smallest absolute Gasteiger partial charge is 0.252 e. The molecular weight excluding hydrogens is 462 g/mol. The number of nitrogens with one attached hydrogen (secondary N) is 1. The number of imidazole rings is 1. The Morgan fingerprint density at radius 3 is 2.49 bits per heavy atom. The van der Waals surface area contributed by atoms with Gasteiger partial charge in [0.2, 0.25) is 0 Å². The van der Waals surface area contributed by atoms with Crippen molar-refractivity contribution in [2.75, 3.05) is 5.32 Å². The SMILES string of the molecule is NC(=O)c1cnc2c(cc(C3CCCC3)n2Cc2ccc(-n3ccnc3)cc2)c1NC1CCC(N)CC1. The summed E-state index contributed by atoms with van der Waals surface area (Å²) < 4.78 is 4.35. The largest absolute Gasteiger partial charge is 0.381 e. The zero-order chi connectivity index (χ0) is 25.4. The molecule has 0 unspecified atom stereocenters. The highest BCUT2D eigenvalue weighted by molar-refractivity contribution is 6.06. The third kappa shape index (κ3) is 4.73. The molecule has 8 nitrogen and oxygen atoms in total. The van der Waals surface area contributed by atoms with E-state index in [0.29, 0.717) is 11.5 Å². The highest BCUT2D eigenvalue weighted by Crippen LogP contribution is 2.40. The minimum absolute atomic E-state index is 0.265. The molecule has 0 spiro atoms. The number of hydrogen-bond donors (Lipinski definition) is 3. The van der Waals surface area contributed by atoms with Crippen molar-refractivity contribution < 1.29 is 4.79 Å². The Morgan fingerprint density at radius 1 is 1.05 bits per heavy atom. The molecule has 2 saturated carbocycles. The van der Waals surface area contributed by atoms with Gasteiger partial charge in [0.1, 0.15) is 5.65 Å². The number of carbonyl (C=O) groups is 1. The Labute approximate surface area is 217 Å². The van der Waals surface area contributed by atoms with Gasteiger partial charge in [0, 0.05) is 54.0 Å². The molecular formula is C29H35N7O. The van der Waals surface area contributed by atoms with E-state index in [2.05, 4.69) is 45.2 Å². The number of benzene rings is 1. The number of pyridine rings is 1. The molecule has 8 heteroatoms. The molecule has 0 aliphatic heterocycles. The fourth-order valence-electron chi connectivity index (χ4n) is 6.12. The van der Waals surface area contributed by atoms with Gasteiger partial charge in [-0.25, -0.2) is 9.97 Å². The van der Waals surface area contributed by atoms with E-state index in [4.69, 9.17) is 16.5 Å². The van der Waals surface area contributed by atoms with E-state index < -0.39 is 5.91 Å². The Balaban J connectivity index is 1.40. The summed E-state index contributed by atoms with van der Waals surface area (Å²) in [4.78, 5) is 21.4. The third-order valence-corrected chi connectivity index (χ3v) is 8.19. The maximum absolute atomic E-state index is 12.4. The lowest BCUT2D eigenvalue weighted by Crippen LogP contribution is -2.33. The molecule has 192 valence electrons. The number of nitrogens with zero attached hydrogens (tertiary/aromatic N) is 4. The zero-order valence-electron chi connectivity index (χ0n) is 21.1. The molecule has 0 bridgehead atoms. The molecule has 2 aliphatic carbocycles. The molecule has 3 aromatic heterocycles. The van der Waals surface area contributed by atoms with Crippen LogP contribution in [-0.4, -0.2) is 37.1 Å². The standard InChI is InChI=1S/C29H35N7O/c30-21-7-9-22(10-8-21)34-27-24-15-26(20-3-1-2-4-20)36(29(24)33-16-25(27)28(31)37)17-19-5-11-23(12-6-19)35-14-13-32-18-35/h5-6,11-16,18,20-22H,1-4,7-10,17,30H2,(H2,31,37)(H,33,34). The Kier molecular flexibility index (Phi) is 6.42. The van der Waals surface area contributed by atoms with Crippen molar-refractivity contribution in [1.82, 2.24) is 19.1 Å². The first-order valence-corrected chi connectivity index (χ1v) is 13.5. The first kappa shape index (κ1) is 23.7. The van der Waals surface area contributed by atoms with Crippen molar-refractivity contribution in [3.63, 3.8) is 0 Å². The van der Waals surface area contributed by atoms with Crippen molar-refractivity contribution in [3.8, 4) is 5.69 Å². The van der Waals surface area contributed by atoms with Crippen molar-refractivity contribution in [3.05, 3.63) is 72.1 Å². The summed E-state index contributed by atoms with van der Waals surface area (Å²) in [6, 6.07) is 11.4. The van der Waals surface area contributed by atoms with Crippen LogP contribution >= 0.6 is 0 Å². The van der Waals surface area contributed by atoms with Crippen LogP contribution in [0.4, 0.5) is 5.69 Å². The first-order chi connectivity index (χ1) is 18.1. The molecule has 37 heavy (non-hydrogen) atoms. The van der Waals surface area contributed by atoms with E-state index >= 15 is 0 Å². The van der Waals surface area contributed by atoms with E-state index in [-0.39, 0.29) is 12.1 Å². The van der Waals surface area contributed by atoms with E-state index in [0.717, 1.165) is 54.6 Å². The van der Waals surface area contributed by atoms with Crippen LogP contribution in [0, 0.1) is 0 Å². The van der Waals surface area contributed by atoms with E-state index in [9.17, 15) is 4.79 Å². The summed E-state index contributed by atoms with van der Waals surface area (Å²) in [5.41, 5.74) is 17.7. The van der Waals surface area contributed by atoms with Gasteiger partial charge in [-0.2, -0.15) is 0 Å². The number of fused-ring (bicyclic) bond motifs is 1. The summed E-state index contributed by atoms with van der Waals surface area (Å²) >= 11 is 0. The molecule has 2 aliphatic rings. The van der Waals surface area contributed by atoms with E-state index in [1.807, 2.05) is 10.8 Å². The molecule has 2 fully saturated rings. The van der Waals surface area contributed by atoms with Crippen LogP contribution < -0.4 is 16.8 Å². The molecule has 1 amide bonds. The van der Waals surface area contributed by atoms with E-state index in [1.165, 1.54) is 36.9 Å². The molecule has 1 aromatic carbocycles. The average Bonchev–Trinajstić information content (AvgIpc) is 3.68. The fraction of sp³-hybridized carbons (Fsp3) is 0.414. The first-order valence-electron chi connectivity index (χ1n) is 13.5.